The van der Waals surface area contributed by atoms with Crippen molar-refractivity contribution in [1.29, 1.82) is 0 Å². The number of piperidine rings is 1. The largest absolute Gasteiger partial charge is 0.397 e. The Balaban J connectivity index is 1.11. The standard InChI is InChI=1S/C78H120F8N12O13/c1-10-47(4)64-73(108)97-33-18-14-23-57(97)70(105)92(7)56-22-13-17-34-98(72(56)107)60(43-48-25-28-51(29-26-48)77(81,82)83)69(104)90(5)45-61(99)87-54(30-27-49-41-52(79)63(53(80)42-49)78(84,85)86)68(103)96-35-19-24-55(96)67(102)89-76(31-15-16-32-76)75(110)94(9)65(50-20-11-12-21-50)74(109)93(8)59(71(106)95-36-38-111-39-37-95)44-62(100)91(6)58(40-46(2)3)66(101)88-64/h46-60,63-65H,10-45H2,1-9H3,(H,87,99)(H,88,101)(H,89,102)/t47-,48?,49?,51?,52?,53?,54-,55-,56-,57-,58-,59-,60-,63?,64-,65-/m0/s1. The molecule has 2 bridgehead atoms. The maximum atomic E-state index is 15.8. The molecule has 25 nitrogen and oxygen atoms in total. The van der Waals surface area contributed by atoms with Gasteiger partial charge >= 0.3 is 12.4 Å². The van der Waals surface area contributed by atoms with Gasteiger partial charge in [-0.2, -0.15) is 26.3 Å². The van der Waals surface area contributed by atoms with Crippen LogP contribution in [0.5, 0.6) is 0 Å². The number of rotatable bonds is 11. The lowest BCUT2D eigenvalue weighted by atomic mass is 9.76. The Bertz CT molecular complexity index is 3300. The first-order valence-electron chi connectivity index (χ1n) is 40.8. The molecular formula is C78H120F8N12O13. The number of halogens is 8. The van der Waals surface area contributed by atoms with Gasteiger partial charge in [0.2, 0.25) is 70.9 Å². The lowest BCUT2D eigenvalue weighted by Gasteiger charge is -2.42. The van der Waals surface area contributed by atoms with Crippen molar-refractivity contribution in [2.24, 2.45) is 41.4 Å². The Hall–Kier alpha value is -6.96. The van der Waals surface area contributed by atoms with Crippen LogP contribution in [0.15, 0.2) is 0 Å². The molecule has 3 N–H and O–H groups in total. The Morgan fingerprint density at radius 1 is 0.550 bits per heavy atom. The fraction of sp³-hybridized carbons (Fsp3) is 0.846. The topological polar surface area (TPSA) is 279 Å². The molecule has 9 fully saturated rings. The van der Waals surface area contributed by atoms with E-state index in [1.807, 2.05) is 20.8 Å². The Kier molecular flexibility index (Phi) is 30.1. The van der Waals surface area contributed by atoms with Crippen molar-refractivity contribution in [2.45, 2.75) is 292 Å². The summed E-state index contributed by atoms with van der Waals surface area (Å²) >= 11 is 0. The van der Waals surface area contributed by atoms with Crippen molar-refractivity contribution in [2.75, 3.05) is 87.7 Å². The molecule has 0 radical (unpaired) electrons. The minimum Gasteiger partial charge on any atom is -0.378 e. The van der Waals surface area contributed by atoms with E-state index in [0.717, 1.165) is 4.90 Å². The number of nitrogens with zero attached hydrogens (tertiary/aromatic N) is 9. The smallest absolute Gasteiger partial charge is 0.378 e. The van der Waals surface area contributed by atoms with Crippen LogP contribution in [0.25, 0.3) is 0 Å². The van der Waals surface area contributed by atoms with E-state index in [0.29, 0.717) is 70.6 Å². The molecule has 12 amide bonds. The van der Waals surface area contributed by atoms with E-state index in [-0.39, 0.29) is 135 Å². The number of carbonyl (C=O) groups excluding carboxylic acids is 12. The minimum atomic E-state index is -5.20. The number of amides is 12. The van der Waals surface area contributed by atoms with Crippen molar-refractivity contribution in [3.8, 4) is 0 Å². The van der Waals surface area contributed by atoms with E-state index in [1.165, 1.54) is 74.4 Å². The molecule has 4 saturated carbocycles. The van der Waals surface area contributed by atoms with Crippen LogP contribution in [0.4, 0.5) is 35.1 Å². The highest BCUT2D eigenvalue weighted by atomic mass is 19.4. The summed E-state index contributed by atoms with van der Waals surface area (Å²) in [6, 6.07) is -12.1. The molecule has 0 aromatic rings. The first-order valence-corrected chi connectivity index (χ1v) is 40.8. The van der Waals surface area contributed by atoms with Gasteiger partial charge in [-0.15, -0.1) is 0 Å². The van der Waals surface area contributed by atoms with Gasteiger partial charge in [0.15, 0.2) is 0 Å². The second kappa shape index (κ2) is 38.0. The zero-order chi connectivity index (χ0) is 81.3. The number of fused-ring (bicyclic) bond motifs is 4. The molecule has 33 heteroatoms. The summed E-state index contributed by atoms with van der Waals surface area (Å²) in [4.78, 5) is 196. The third-order valence-electron chi connectivity index (χ3n) is 26.0. The van der Waals surface area contributed by atoms with E-state index in [1.54, 1.807) is 6.92 Å². The molecule has 1 spiro atoms. The van der Waals surface area contributed by atoms with Crippen molar-refractivity contribution in [1.82, 2.24) is 60.0 Å². The van der Waals surface area contributed by atoms with E-state index in [9.17, 15) is 31.1 Å². The van der Waals surface area contributed by atoms with E-state index in [4.69, 9.17) is 4.74 Å². The molecule has 0 aromatic carbocycles. The summed E-state index contributed by atoms with van der Waals surface area (Å²) < 4.78 is 121. The fourth-order valence-electron chi connectivity index (χ4n) is 19.1. The Morgan fingerprint density at radius 3 is 1.72 bits per heavy atom. The van der Waals surface area contributed by atoms with Crippen LogP contribution < -0.4 is 16.0 Å². The lowest BCUT2D eigenvalue weighted by Crippen LogP contribution is -2.65. The summed E-state index contributed by atoms with van der Waals surface area (Å²) in [7, 11) is 6.93. The monoisotopic (exact) mass is 1580 g/mol. The second-order valence-electron chi connectivity index (χ2n) is 33.9. The molecule has 5 heterocycles. The van der Waals surface area contributed by atoms with Gasteiger partial charge in [0.25, 0.3) is 0 Å². The summed E-state index contributed by atoms with van der Waals surface area (Å²) in [6.45, 7) is 6.92. The van der Waals surface area contributed by atoms with Crippen molar-refractivity contribution in [3.63, 3.8) is 0 Å². The van der Waals surface area contributed by atoms with Gasteiger partial charge in [0, 0.05) is 68.0 Å². The van der Waals surface area contributed by atoms with Crippen LogP contribution in [0.3, 0.4) is 0 Å². The van der Waals surface area contributed by atoms with Gasteiger partial charge in [-0.3, -0.25) is 57.5 Å². The summed E-state index contributed by atoms with van der Waals surface area (Å²) in [5.74, 6) is -16.1. The lowest BCUT2D eigenvalue weighted by molar-refractivity contribution is -0.219. The third-order valence-corrected chi connectivity index (χ3v) is 26.0. The number of hydrogen-bond acceptors (Lipinski definition) is 13. The summed E-state index contributed by atoms with van der Waals surface area (Å²) in [5, 5.41) is 8.64. The SMILES string of the molecule is CC[C@H](C)[C@@H]1NC(=O)[C@H](CC(C)C)N(C)C(=O)C[C@@H](C(=O)N2CCOCC2)N(C)C(=O)[C@H](C2CCCC2)N(C)C(=O)C2(CCCC2)NC(=O)[C@@H]2CCCN2C(=O)[C@H](CCC2CC(F)C(C(F)(F)F)C(F)C2)NC(=O)CN(C)C(=O)[C@H](CC2CCC(C(F)(F)F)CC2)N2CCCC[C@@H](C2=O)N(C)C(=O)[C@@H]2CCCCN2C1=O. The molecular weight excluding hydrogens is 1460 g/mol. The van der Waals surface area contributed by atoms with Gasteiger partial charge in [0.05, 0.1) is 32.1 Å². The van der Waals surface area contributed by atoms with Crippen molar-refractivity contribution < 1.29 is 97.4 Å². The zero-order valence-electron chi connectivity index (χ0n) is 66.2. The highest BCUT2D eigenvalue weighted by molar-refractivity contribution is 6.01. The molecule has 0 aromatic heterocycles. The Morgan fingerprint density at radius 2 is 1.13 bits per heavy atom. The molecule has 12 atom stereocenters. The number of alkyl halides is 8. The zero-order valence-corrected chi connectivity index (χ0v) is 66.2. The average molecular weight is 1590 g/mol. The van der Waals surface area contributed by atoms with Crippen LogP contribution in [-0.4, -0.2) is 287 Å². The van der Waals surface area contributed by atoms with Gasteiger partial charge in [0.1, 0.15) is 78.2 Å². The molecule has 9 aliphatic rings. The molecule has 626 valence electrons. The van der Waals surface area contributed by atoms with Crippen LogP contribution in [0.1, 0.15) is 207 Å². The molecule has 111 heavy (non-hydrogen) atoms. The van der Waals surface area contributed by atoms with Crippen LogP contribution in [0.2, 0.25) is 0 Å². The summed E-state index contributed by atoms with van der Waals surface area (Å²) in [6.07, 6.45) is -12.5. The normalized spacial score (nSPS) is 32.8. The number of likely N-dealkylation sites (N-methyl/N-ethyl adjacent to an activating group) is 5. The van der Waals surface area contributed by atoms with Crippen LogP contribution >= 0.6 is 0 Å². The predicted octanol–water partition coefficient (Wildman–Crippen LogP) is 7.25. The Labute approximate surface area is 647 Å². The van der Waals surface area contributed by atoms with Gasteiger partial charge in [-0.25, -0.2) is 8.78 Å². The van der Waals surface area contributed by atoms with Crippen LogP contribution in [0, 0.1) is 41.4 Å². The minimum absolute atomic E-state index is 0.0225. The molecule has 2 unspecified atom stereocenters. The number of carbonyl (C=O) groups is 12. The van der Waals surface area contributed by atoms with Crippen molar-refractivity contribution >= 4 is 70.9 Å². The van der Waals surface area contributed by atoms with E-state index >= 15 is 61.5 Å². The molecule has 9 rings (SSSR count). The van der Waals surface area contributed by atoms with Crippen molar-refractivity contribution in [3.05, 3.63) is 0 Å². The molecule has 5 saturated heterocycles. The van der Waals surface area contributed by atoms with Gasteiger partial charge < -0.3 is 64.8 Å². The predicted molar refractivity (Wildman–Crippen MR) is 391 cm³/mol. The average Bonchev–Trinajstić information content (AvgIpc) is 1.72. The number of hydrogen-bond donors (Lipinski definition) is 3. The maximum absolute atomic E-state index is 15.8. The second-order valence-corrected chi connectivity index (χ2v) is 33.9. The number of ether oxygens (including phenoxy) is 1. The molecule has 5 aliphatic heterocycles. The fourth-order valence-corrected chi connectivity index (χ4v) is 19.1. The first kappa shape index (κ1) is 88.0. The van der Waals surface area contributed by atoms with Crippen LogP contribution in [-0.2, 0) is 62.3 Å². The van der Waals surface area contributed by atoms with Gasteiger partial charge in [-0.05, 0) is 171 Å². The maximum Gasteiger partial charge on any atom is 0.397 e. The highest BCUT2D eigenvalue weighted by Gasteiger charge is 2.56. The van der Waals surface area contributed by atoms with Gasteiger partial charge in [-0.1, -0.05) is 59.8 Å². The third kappa shape index (κ3) is 20.8. The highest BCUT2D eigenvalue weighted by Crippen LogP contribution is 2.46. The number of nitrogens with one attached hydrogen (secondary N) is 3. The quantitative estimate of drug-likeness (QED) is 0.172. The summed E-state index contributed by atoms with van der Waals surface area (Å²) in [5.41, 5.74) is -1.67. The van der Waals surface area contributed by atoms with E-state index < -0.39 is 223 Å². The van der Waals surface area contributed by atoms with E-state index in [2.05, 4.69) is 16.0 Å². The number of morpholine rings is 1. The first-order chi connectivity index (χ1) is 52.4. The molecule has 4 aliphatic carbocycles.